The van der Waals surface area contributed by atoms with Crippen LogP contribution in [0.4, 0.5) is 10.1 Å². The Kier molecular flexibility index (Phi) is 3.64. The number of benzene rings is 1. The lowest BCUT2D eigenvalue weighted by molar-refractivity contribution is 0.266. The van der Waals surface area contributed by atoms with Crippen molar-refractivity contribution in [1.82, 2.24) is 0 Å². The molecule has 0 aliphatic carbocycles. The molecule has 0 amide bonds. The van der Waals surface area contributed by atoms with Gasteiger partial charge in [-0.1, -0.05) is 6.07 Å². The highest BCUT2D eigenvalue weighted by atomic mass is 19.1. The molecule has 0 bridgehead atoms. The van der Waals surface area contributed by atoms with Crippen molar-refractivity contribution in [2.24, 2.45) is 5.73 Å². The summed E-state index contributed by atoms with van der Waals surface area (Å²) in [6.07, 6.45) is 1.98. The van der Waals surface area contributed by atoms with Gasteiger partial charge in [0.15, 0.2) is 0 Å². The third-order valence-corrected chi connectivity index (χ3v) is 3.38. The summed E-state index contributed by atoms with van der Waals surface area (Å²) in [6, 6.07) is 4.77. The van der Waals surface area contributed by atoms with Gasteiger partial charge < -0.3 is 15.7 Å². The summed E-state index contributed by atoms with van der Waals surface area (Å²) < 4.78 is 13.8. The Balaban J connectivity index is 2.40. The Hall–Kier alpha value is -1.13. The molecule has 1 aliphatic rings. The van der Waals surface area contributed by atoms with Crippen LogP contribution in [-0.2, 0) is 0 Å². The average Bonchev–Trinajstić information content (AvgIpc) is 2.75. The van der Waals surface area contributed by atoms with Gasteiger partial charge >= 0.3 is 0 Å². The third-order valence-electron chi connectivity index (χ3n) is 3.38. The highest BCUT2D eigenvalue weighted by Crippen LogP contribution is 2.32. The lowest BCUT2D eigenvalue weighted by Crippen LogP contribution is -2.33. The molecule has 0 radical (unpaired) electrons. The molecular weight excluding hydrogens is 219 g/mol. The van der Waals surface area contributed by atoms with Crippen molar-refractivity contribution in [3.63, 3.8) is 0 Å². The van der Waals surface area contributed by atoms with E-state index in [0.29, 0.717) is 5.56 Å². The molecule has 1 aromatic carbocycles. The highest BCUT2D eigenvalue weighted by molar-refractivity contribution is 5.57. The summed E-state index contributed by atoms with van der Waals surface area (Å²) in [5.74, 6) is -0.263. The SMILES string of the molecule is CC(N)c1c(F)cccc1N1CCCC1CO. The van der Waals surface area contributed by atoms with E-state index in [0.717, 1.165) is 25.1 Å². The molecule has 1 saturated heterocycles. The zero-order chi connectivity index (χ0) is 12.4. The summed E-state index contributed by atoms with van der Waals surface area (Å²) in [6.45, 7) is 2.75. The van der Waals surface area contributed by atoms with Crippen LogP contribution in [-0.4, -0.2) is 24.3 Å². The van der Waals surface area contributed by atoms with E-state index in [4.69, 9.17) is 5.73 Å². The predicted octanol–water partition coefficient (Wildman–Crippen LogP) is 1.81. The van der Waals surface area contributed by atoms with Gasteiger partial charge in [0.1, 0.15) is 5.82 Å². The maximum Gasteiger partial charge on any atom is 0.130 e. The molecule has 17 heavy (non-hydrogen) atoms. The number of hydrogen-bond donors (Lipinski definition) is 2. The number of hydrogen-bond acceptors (Lipinski definition) is 3. The average molecular weight is 238 g/mol. The van der Waals surface area contributed by atoms with Crippen LogP contribution < -0.4 is 10.6 Å². The molecule has 2 rings (SSSR count). The van der Waals surface area contributed by atoms with Gasteiger partial charge in [-0.3, -0.25) is 0 Å². The molecule has 94 valence electrons. The van der Waals surface area contributed by atoms with Crippen LogP contribution in [0.25, 0.3) is 0 Å². The van der Waals surface area contributed by atoms with Crippen molar-refractivity contribution in [1.29, 1.82) is 0 Å². The first-order valence-electron chi connectivity index (χ1n) is 6.06. The number of halogens is 1. The summed E-state index contributed by atoms with van der Waals surface area (Å²) in [5, 5.41) is 9.33. The molecule has 0 spiro atoms. The van der Waals surface area contributed by atoms with E-state index in [1.807, 2.05) is 6.07 Å². The van der Waals surface area contributed by atoms with Gasteiger partial charge in [0, 0.05) is 23.8 Å². The van der Waals surface area contributed by atoms with Crippen LogP contribution in [0.15, 0.2) is 18.2 Å². The van der Waals surface area contributed by atoms with Crippen molar-refractivity contribution < 1.29 is 9.50 Å². The molecule has 1 fully saturated rings. The van der Waals surface area contributed by atoms with Crippen LogP contribution in [0.2, 0.25) is 0 Å². The Morgan fingerprint density at radius 3 is 3.00 bits per heavy atom. The fourth-order valence-corrected chi connectivity index (χ4v) is 2.57. The molecular formula is C13H19FN2O. The largest absolute Gasteiger partial charge is 0.394 e. The van der Waals surface area contributed by atoms with E-state index in [-0.39, 0.29) is 24.5 Å². The first-order valence-corrected chi connectivity index (χ1v) is 6.06. The Labute approximate surface area is 101 Å². The van der Waals surface area contributed by atoms with E-state index in [1.165, 1.54) is 6.07 Å². The molecule has 0 saturated carbocycles. The van der Waals surface area contributed by atoms with Gasteiger partial charge in [0.2, 0.25) is 0 Å². The Bertz CT molecular complexity index is 395. The zero-order valence-electron chi connectivity index (χ0n) is 10.1. The Morgan fingerprint density at radius 2 is 2.35 bits per heavy atom. The molecule has 2 unspecified atom stereocenters. The molecule has 1 aromatic rings. The smallest absolute Gasteiger partial charge is 0.130 e. The van der Waals surface area contributed by atoms with E-state index >= 15 is 0 Å². The van der Waals surface area contributed by atoms with Crippen LogP contribution in [0.5, 0.6) is 0 Å². The maximum atomic E-state index is 13.8. The molecule has 3 nitrogen and oxygen atoms in total. The van der Waals surface area contributed by atoms with Crippen LogP contribution in [0, 0.1) is 5.82 Å². The second kappa shape index (κ2) is 5.02. The normalized spacial score (nSPS) is 21.9. The molecule has 1 heterocycles. The molecule has 2 atom stereocenters. The predicted molar refractivity (Wildman–Crippen MR) is 66.5 cm³/mol. The van der Waals surface area contributed by atoms with Crippen LogP contribution >= 0.6 is 0 Å². The van der Waals surface area contributed by atoms with Gasteiger partial charge in [-0.05, 0) is 31.9 Å². The van der Waals surface area contributed by atoms with Crippen molar-refractivity contribution >= 4 is 5.69 Å². The summed E-state index contributed by atoms with van der Waals surface area (Å²) in [4.78, 5) is 2.07. The van der Waals surface area contributed by atoms with Crippen molar-refractivity contribution in [3.8, 4) is 0 Å². The van der Waals surface area contributed by atoms with E-state index in [9.17, 15) is 9.50 Å². The van der Waals surface area contributed by atoms with Crippen LogP contribution in [0.1, 0.15) is 31.4 Å². The fraction of sp³-hybridized carbons (Fsp3) is 0.538. The van der Waals surface area contributed by atoms with Gasteiger partial charge in [0.05, 0.1) is 12.6 Å². The van der Waals surface area contributed by atoms with E-state index in [2.05, 4.69) is 4.90 Å². The van der Waals surface area contributed by atoms with Crippen molar-refractivity contribution in [2.45, 2.75) is 31.8 Å². The highest BCUT2D eigenvalue weighted by Gasteiger charge is 2.27. The quantitative estimate of drug-likeness (QED) is 0.844. The third kappa shape index (κ3) is 2.28. The number of aliphatic hydroxyl groups excluding tert-OH is 1. The second-order valence-corrected chi connectivity index (χ2v) is 4.63. The maximum absolute atomic E-state index is 13.8. The summed E-state index contributed by atoms with van der Waals surface area (Å²) >= 11 is 0. The minimum atomic E-state index is -0.342. The van der Waals surface area contributed by atoms with Gasteiger partial charge in [-0.25, -0.2) is 4.39 Å². The molecule has 3 N–H and O–H groups in total. The molecule has 1 aliphatic heterocycles. The number of rotatable bonds is 3. The summed E-state index contributed by atoms with van der Waals surface area (Å²) in [7, 11) is 0. The molecule has 0 aromatic heterocycles. The first kappa shape index (κ1) is 12.3. The van der Waals surface area contributed by atoms with E-state index in [1.54, 1.807) is 13.0 Å². The zero-order valence-corrected chi connectivity index (χ0v) is 10.1. The minimum absolute atomic E-state index is 0.0919. The topological polar surface area (TPSA) is 49.5 Å². The van der Waals surface area contributed by atoms with Crippen molar-refractivity contribution in [3.05, 3.63) is 29.6 Å². The van der Waals surface area contributed by atoms with E-state index < -0.39 is 0 Å². The number of aliphatic hydroxyl groups is 1. The van der Waals surface area contributed by atoms with Crippen LogP contribution in [0.3, 0.4) is 0 Å². The van der Waals surface area contributed by atoms with Gasteiger partial charge in [-0.2, -0.15) is 0 Å². The van der Waals surface area contributed by atoms with Gasteiger partial charge in [0.25, 0.3) is 0 Å². The number of anilines is 1. The molecule has 4 heteroatoms. The summed E-state index contributed by atoms with van der Waals surface area (Å²) in [5.41, 5.74) is 7.22. The first-order chi connectivity index (χ1) is 8.15. The van der Waals surface area contributed by atoms with Crippen molar-refractivity contribution in [2.75, 3.05) is 18.1 Å². The fourth-order valence-electron chi connectivity index (χ4n) is 2.57. The minimum Gasteiger partial charge on any atom is -0.394 e. The standard InChI is InChI=1S/C13H19FN2O/c1-9(15)13-11(14)5-2-6-12(13)16-7-3-4-10(16)8-17/h2,5-6,9-10,17H,3-4,7-8,15H2,1H3. The number of nitrogens with zero attached hydrogens (tertiary/aromatic N) is 1. The lowest BCUT2D eigenvalue weighted by atomic mass is 10.0. The monoisotopic (exact) mass is 238 g/mol. The number of nitrogens with two attached hydrogens (primary N) is 1. The lowest BCUT2D eigenvalue weighted by Gasteiger charge is -2.28. The second-order valence-electron chi connectivity index (χ2n) is 4.63. The Morgan fingerprint density at radius 1 is 1.59 bits per heavy atom. The van der Waals surface area contributed by atoms with Gasteiger partial charge in [-0.15, -0.1) is 0 Å².